The van der Waals surface area contributed by atoms with Gasteiger partial charge in [-0.1, -0.05) is 135 Å². The van der Waals surface area contributed by atoms with Gasteiger partial charge in [0.2, 0.25) is 0 Å². The lowest BCUT2D eigenvalue weighted by Gasteiger charge is -2.37. The van der Waals surface area contributed by atoms with Crippen molar-refractivity contribution >= 4 is 28.4 Å². The van der Waals surface area contributed by atoms with Crippen LogP contribution in [0.5, 0.6) is 0 Å². The molecule has 0 N–H and O–H groups in total. The first-order chi connectivity index (χ1) is 21.1. The van der Waals surface area contributed by atoms with E-state index in [4.69, 9.17) is 10.1 Å². The van der Waals surface area contributed by atoms with Crippen LogP contribution in [0, 0.1) is 0 Å². The molecule has 2 aromatic heterocycles. The SMILES string of the molecule is CCSc1nn(C(c2ccccc2)(c2ccccc2)c2ccccc2)c2cc(CC(=O)C[C@H](C)c3ccccc3)ncc12. The third-order valence-electron chi connectivity index (χ3n) is 8.04. The minimum Gasteiger partial charge on any atom is -0.299 e. The van der Waals surface area contributed by atoms with Crippen LogP contribution in [0.15, 0.2) is 139 Å². The van der Waals surface area contributed by atoms with Crippen molar-refractivity contribution in [2.75, 3.05) is 5.75 Å². The topological polar surface area (TPSA) is 47.8 Å². The molecule has 5 heteroatoms. The molecule has 214 valence electrons. The maximum Gasteiger partial charge on any atom is 0.139 e. The predicted octanol–water partition coefficient (Wildman–Crippen LogP) is 8.69. The molecule has 4 nitrogen and oxygen atoms in total. The van der Waals surface area contributed by atoms with Gasteiger partial charge in [-0.05, 0) is 40.0 Å². The van der Waals surface area contributed by atoms with Crippen LogP contribution < -0.4 is 0 Å². The van der Waals surface area contributed by atoms with Crippen molar-refractivity contribution in [1.29, 1.82) is 0 Å². The normalized spacial score (nSPS) is 12.3. The van der Waals surface area contributed by atoms with Crippen LogP contribution in [0.25, 0.3) is 10.9 Å². The number of benzene rings is 4. The van der Waals surface area contributed by atoms with Gasteiger partial charge < -0.3 is 0 Å². The van der Waals surface area contributed by atoms with Gasteiger partial charge in [0.15, 0.2) is 0 Å². The van der Waals surface area contributed by atoms with Gasteiger partial charge in [-0.2, -0.15) is 5.10 Å². The van der Waals surface area contributed by atoms with E-state index in [9.17, 15) is 4.79 Å². The Morgan fingerprint density at radius 2 is 1.30 bits per heavy atom. The Morgan fingerprint density at radius 1 is 0.791 bits per heavy atom. The lowest BCUT2D eigenvalue weighted by molar-refractivity contribution is -0.118. The molecule has 2 heterocycles. The van der Waals surface area contributed by atoms with Crippen molar-refractivity contribution in [2.24, 2.45) is 0 Å². The maximum absolute atomic E-state index is 13.3. The van der Waals surface area contributed by atoms with E-state index in [2.05, 4.69) is 110 Å². The average molecular weight is 582 g/mol. The summed E-state index contributed by atoms with van der Waals surface area (Å²) in [4.78, 5) is 18.1. The molecule has 6 rings (SSSR count). The van der Waals surface area contributed by atoms with E-state index in [1.165, 1.54) is 5.56 Å². The summed E-state index contributed by atoms with van der Waals surface area (Å²) < 4.78 is 2.17. The highest BCUT2D eigenvalue weighted by Crippen LogP contribution is 2.43. The monoisotopic (exact) mass is 581 g/mol. The number of nitrogens with zero attached hydrogens (tertiary/aromatic N) is 3. The molecular weight excluding hydrogens is 547 g/mol. The number of aromatic nitrogens is 3. The number of carbonyl (C=O) groups excluding carboxylic acids is 1. The highest BCUT2D eigenvalue weighted by Gasteiger charge is 2.41. The lowest BCUT2D eigenvalue weighted by atomic mass is 9.77. The molecule has 6 aromatic rings. The fourth-order valence-electron chi connectivity index (χ4n) is 6.04. The Kier molecular flexibility index (Phi) is 8.52. The second kappa shape index (κ2) is 12.8. The first-order valence-electron chi connectivity index (χ1n) is 14.9. The summed E-state index contributed by atoms with van der Waals surface area (Å²) >= 11 is 1.71. The van der Waals surface area contributed by atoms with Gasteiger partial charge in [0, 0.05) is 24.7 Å². The van der Waals surface area contributed by atoms with Crippen LogP contribution in [-0.2, 0) is 16.8 Å². The number of rotatable bonds is 11. The van der Waals surface area contributed by atoms with Crippen molar-refractivity contribution in [3.63, 3.8) is 0 Å². The molecule has 0 fully saturated rings. The molecule has 0 radical (unpaired) electrons. The fourth-order valence-corrected chi connectivity index (χ4v) is 6.77. The first kappa shape index (κ1) is 28.6. The summed E-state index contributed by atoms with van der Waals surface area (Å²) in [6.07, 6.45) is 2.66. The number of Topliss-reactive ketones (excluding diaryl/α,β-unsaturated/α-hetero) is 1. The van der Waals surface area contributed by atoms with Crippen molar-refractivity contribution in [3.8, 4) is 0 Å². The van der Waals surface area contributed by atoms with Crippen molar-refractivity contribution in [1.82, 2.24) is 14.8 Å². The highest BCUT2D eigenvalue weighted by atomic mass is 32.2. The summed E-state index contributed by atoms with van der Waals surface area (Å²) in [7, 11) is 0. The van der Waals surface area contributed by atoms with Crippen molar-refractivity contribution in [2.45, 2.75) is 43.2 Å². The summed E-state index contributed by atoms with van der Waals surface area (Å²) in [5.41, 5.74) is 5.47. The Hall–Kier alpha value is -4.48. The third kappa shape index (κ3) is 5.65. The predicted molar refractivity (Wildman–Crippen MR) is 177 cm³/mol. The van der Waals surface area contributed by atoms with Gasteiger partial charge in [0.05, 0.1) is 10.9 Å². The zero-order valence-electron chi connectivity index (χ0n) is 24.6. The van der Waals surface area contributed by atoms with E-state index in [1.807, 2.05) is 42.6 Å². The summed E-state index contributed by atoms with van der Waals surface area (Å²) in [5, 5.41) is 7.27. The molecule has 0 saturated carbocycles. The molecule has 0 aliphatic carbocycles. The smallest absolute Gasteiger partial charge is 0.139 e. The number of pyridine rings is 1. The van der Waals surface area contributed by atoms with Crippen molar-refractivity contribution < 1.29 is 4.79 Å². The number of fused-ring (bicyclic) bond motifs is 1. The van der Waals surface area contributed by atoms with Gasteiger partial charge in [0.25, 0.3) is 0 Å². The Balaban J connectivity index is 1.53. The minimum atomic E-state index is -0.751. The van der Waals surface area contributed by atoms with E-state index in [-0.39, 0.29) is 18.1 Å². The highest BCUT2D eigenvalue weighted by molar-refractivity contribution is 7.99. The number of hydrogen-bond donors (Lipinski definition) is 0. The van der Waals surface area contributed by atoms with E-state index in [1.54, 1.807) is 11.8 Å². The molecule has 43 heavy (non-hydrogen) atoms. The zero-order valence-corrected chi connectivity index (χ0v) is 25.4. The van der Waals surface area contributed by atoms with E-state index < -0.39 is 5.54 Å². The van der Waals surface area contributed by atoms with E-state index in [0.29, 0.717) is 6.42 Å². The zero-order chi connectivity index (χ0) is 29.6. The number of thioether (sulfide) groups is 1. The van der Waals surface area contributed by atoms with Gasteiger partial charge in [0.1, 0.15) is 16.3 Å². The second-order valence-corrected chi connectivity index (χ2v) is 12.1. The molecule has 0 amide bonds. The van der Waals surface area contributed by atoms with Crippen molar-refractivity contribution in [3.05, 3.63) is 162 Å². The quantitative estimate of drug-likeness (QED) is 0.113. The Labute approximate surface area is 257 Å². The number of ketones is 1. The number of hydrogen-bond acceptors (Lipinski definition) is 4. The van der Waals surface area contributed by atoms with Gasteiger partial charge in [-0.25, -0.2) is 4.68 Å². The molecule has 0 bridgehead atoms. The number of carbonyl (C=O) groups is 1. The molecule has 0 saturated heterocycles. The summed E-state index contributed by atoms with van der Waals surface area (Å²) in [6.45, 7) is 4.25. The van der Waals surface area contributed by atoms with Crippen LogP contribution in [0.2, 0.25) is 0 Å². The molecule has 0 aliphatic rings. The van der Waals surface area contributed by atoms with Gasteiger partial charge in [-0.3, -0.25) is 9.78 Å². The van der Waals surface area contributed by atoms with Gasteiger partial charge >= 0.3 is 0 Å². The Morgan fingerprint density at radius 3 is 1.81 bits per heavy atom. The summed E-state index contributed by atoms with van der Waals surface area (Å²) in [6, 6.07) is 44.0. The average Bonchev–Trinajstić information content (AvgIpc) is 3.41. The maximum atomic E-state index is 13.3. The summed E-state index contributed by atoms with van der Waals surface area (Å²) in [5.74, 6) is 1.22. The van der Waals surface area contributed by atoms with Crippen LogP contribution in [0.1, 0.15) is 54.1 Å². The lowest BCUT2D eigenvalue weighted by Crippen LogP contribution is -2.38. The third-order valence-corrected chi connectivity index (χ3v) is 8.91. The van der Waals surface area contributed by atoms with Crippen LogP contribution in [0.3, 0.4) is 0 Å². The second-order valence-electron chi connectivity index (χ2n) is 10.9. The standard InChI is InChI=1S/C38H35N3OS/c1-3-43-37-35-27-39-33(25-34(42)24-28(2)29-16-8-4-9-17-29)26-36(35)41(40-37)38(30-18-10-5-11-19-30,31-20-12-6-13-21-31)32-22-14-7-15-23-32/h4-23,26-28H,3,24-25H2,1-2H3/t28-/m0/s1. The molecule has 1 atom stereocenters. The Bertz CT molecular complexity index is 1710. The van der Waals surface area contributed by atoms with E-state index in [0.717, 1.165) is 44.1 Å². The largest absolute Gasteiger partial charge is 0.299 e. The molecule has 0 aliphatic heterocycles. The van der Waals surface area contributed by atoms with Crippen LogP contribution >= 0.6 is 11.8 Å². The minimum absolute atomic E-state index is 0.150. The van der Waals surface area contributed by atoms with Crippen LogP contribution in [-0.4, -0.2) is 26.3 Å². The van der Waals surface area contributed by atoms with E-state index >= 15 is 0 Å². The van der Waals surface area contributed by atoms with Crippen LogP contribution in [0.4, 0.5) is 0 Å². The first-order valence-corrected chi connectivity index (χ1v) is 15.8. The fraction of sp³-hybridized carbons (Fsp3) is 0.184. The van der Waals surface area contributed by atoms with Gasteiger partial charge in [-0.15, -0.1) is 11.8 Å². The molecule has 0 unspecified atom stereocenters. The molecule has 0 spiro atoms. The molecule has 4 aromatic carbocycles. The molecular formula is C38H35N3OS.